The molecule has 80 valence electrons. The van der Waals surface area contributed by atoms with Crippen LogP contribution in [0.3, 0.4) is 0 Å². The second-order valence-corrected chi connectivity index (χ2v) is 3.60. The Morgan fingerprint density at radius 3 is 2.36 bits per heavy atom. The third-order valence-corrected chi connectivity index (χ3v) is 2.15. The number of hydrogen-bond acceptors (Lipinski definition) is 0. The molecule has 0 aromatic carbocycles. The summed E-state index contributed by atoms with van der Waals surface area (Å²) in [6.07, 6.45) is 14.2. The molecular weight excluding hydrogens is 168 g/mol. The number of unbranched alkanes of at least 4 members (excludes halogenated alkanes) is 5. The zero-order valence-electron chi connectivity index (χ0n) is 9.81. The lowest BCUT2D eigenvalue weighted by Crippen LogP contribution is -1.76. The van der Waals surface area contributed by atoms with Gasteiger partial charge in [0.25, 0.3) is 0 Å². The van der Waals surface area contributed by atoms with Crippen LogP contribution in [-0.2, 0) is 0 Å². The number of allylic oxidation sites excluding steroid dienone is 2. The monoisotopic (exact) mass is 192 g/mol. The first-order valence-electron chi connectivity index (χ1n) is 6.02. The maximum Gasteiger partial charge on any atom is 0.0269 e. The predicted octanol–water partition coefficient (Wildman–Crippen LogP) is 4.71. The molecule has 0 rings (SSSR count). The van der Waals surface area contributed by atoms with Crippen LogP contribution >= 0.6 is 0 Å². The van der Waals surface area contributed by atoms with Crippen molar-refractivity contribution in [3.63, 3.8) is 0 Å². The Labute approximate surface area is 89.8 Å². The third kappa shape index (κ3) is 11.3. The molecule has 0 atom stereocenters. The van der Waals surface area contributed by atoms with Crippen molar-refractivity contribution in [2.45, 2.75) is 65.2 Å². The smallest absolute Gasteiger partial charge is 0.0269 e. The van der Waals surface area contributed by atoms with Crippen LogP contribution < -0.4 is 0 Å². The van der Waals surface area contributed by atoms with Crippen LogP contribution in [0.2, 0.25) is 0 Å². The van der Waals surface area contributed by atoms with Gasteiger partial charge < -0.3 is 0 Å². The van der Waals surface area contributed by atoms with Crippen molar-refractivity contribution < 1.29 is 0 Å². The summed E-state index contributed by atoms with van der Waals surface area (Å²) >= 11 is 0. The second-order valence-electron chi connectivity index (χ2n) is 3.60. The molecule has 0 nitrogen and oxygen atoms in total. The van der Waals surface area contributed by atoms with E-state index in [1.165, 1.54) is 32.1 Å². The molecule has 0 amide bonds. The SMILES string of the molecule is CC/C=C/CC#CCCCCCCC. The molecule has 0 spiro atoms. The Morgan fingerprint density at radius 2 is 1.64 bits per heavy atom. The Bertz CT molecular complexity index is 178. The van der Waals surface area contributed by atoms with Gasteiger partial charge in [0.2, 0.25) is 0 Å². The average Bonchev–Trinajstić information content (AvgIpc) is 2.21. The van der Waals surface area contributed by atoms with E-state index in [0.29, 0.717) is 0 Å². The van der Waals surface area contributed by atoms with Gasteiger partial charge in [-0.2, -0.15) is 0 Å². The summed E-state index contributed by atoms with van der Waals surface area (Å²) in [5.74, 6) is 6.39. The first-order valence-corrected chi connectivity index (χ1v) is 6.02. The molecule has 0 aromatic heterocycles. The van der Waals surface area contributed by atoms with Crippen LogP contribution in [0.4, 0.5) is 0 Å². The van der Waals surface area contributed by atoms with Crippen LogP contribution in [0.5, 0.6) is 0 Å². The summed E-state index contributed by atoms with van der Waals surface area (Å²) in [5, 5.41) is 0. The van der Waals surface area contributed by atoms with Gasteiger partial charge in [-0.3, -0.25) is 0 Å². The molecule has 0 fully saturated rings. The molecule has 0 unspecified atom stereocenters. The van der Waals surface area contributed by atoms with Crippen LogP contribution in [0.25, 0.3) is 0 Å². The van der Waals surface area contributed by atoms with E-state index in [-0.39, 0.29) is 0 Å². The molecule has 0 aliphatic heterocycles. The molecule has 0 aliphatic carbocycles. The van der Waals surface area contributed by atoms with Gasteiger partial charge >= 0.3 is 0 Å². The van der Waals surface area contributed by atoms with Gasteiger partial charge in [0.1, 0.15) is 0 Å². The minimum Gasteiger partial charge on any atom is -0.103 e. The molecule has 14 heavy (non-hydrogen) atoms. The van der Waals surface area contributed by atoms with E-state index in [1.54, 1.807) is 0 Å². The van der Waals surface area contributed by atoms with Crippen molar-refractivity contribution in [1.82, 2.24) is 0 Å². The Balaban J connectivity index is 3.13. The average molecular weight is 192 g/mol. The maximum absolute atomic E-state index is 3.22. The normalized spacial score (nSPS) is 10.1. The molecule has 0 bridgehead atoms. The van der Waals surface area contributed by atoms with Crippen LogP contribution in [-0.4, -0.2) is 0 Å². The van der Waals surface area contributed by atoms with Gasteiger partial charge in [-0.05, 0) is 12.8 Å². The van der Waals surface area contributed by atoms with Gasteiger partial charge in [0, 0.05) is 12.8 Å². The fourth-order valence-corrected chi connectivity index (χ4v) is 1.29. The summed E-state index contributed by atoms with van der Waals surface area (Å²) in [7, 11) is 0. The van der Waals surface area contributed by atoms with E-state index in [2.05, 4.69) is 37.8 Å². The molecule has 0 radical (unpaired) electrons. The van der Waals surface area contributed by atoms with E-state index in [4.69, 9.17) is 0 Å². The van der Waals surface area contributed by atoms with E-state index >= 15 is 0 Å². The summed E-state index contributed by atoms with van der Waals surface area (Å²) in [6, 6.07) is 0. The van der Waals surface area contributed by atoms with Gasteiger partial charge in [-0.15, -0.1) is 5.92 Å². The minimum atomic E-state index is 0.933. The Hall–Kier alpha value is -0.700. The zero-order chi connectivity index (χ0) is 10.5. The first kappa shape index (κ1) is 13.3. The van der Waals surface area contributed by atoms with Crippen molar-refractivity contribution in [1.29, 1.82) is 0 Å². The fraction of sp³-hybridized carbons (Fsp3) is 0.714. The quantitative estimate of drug-likeness (QED) is 0.311. The fourth-order valence-electron chi connectivity index (χ4n) is 1.29. The van der Waals surface area contributed by atoms with E-state index in [0.717, 1.165) is 19.3 Å². The van der Waals surface area contributed by atoms with Gasteiger partial charge in [0.05, 0.1) is 0 Å². The van der Waals surface area contributed by atoms with E-state index in [9.17, 15) is 0 Å². The third-order valence-electron chi connectivity index (χ3n) is 2.15. The zero-order valence-corrected chi connectivity index (χ0v) is 9.81. The number of hydrogen-bond donors (Lipinski definition) is 0. The molecule has 0 saturated carbocycles. The molecule has 0 N–H and O–H groups in total. The van der Waals surface area contributed by atoms with Crippen molar-refractivity contribution in [3.05, 3.63) is 12.2 Å². The highest BCUT2D eigenvalue weighted by Gasteiger charge is 1.85. The second kappa shape index (κ2) is 12.3. The summed E-state index contributed by atoms with van der Waals surface area (Å²) in [6.45, 7) is 4.40. The predicted molar refractivity (Wildman–Crippen MR) is 65.2 cm³/mol. The van der Waals surface area contributed by atoms with Crippen molar-refractivity contribution >= 4 is 0 Å². The molecular formula is C14H24. The number of rotatable bonds is 7. The minimum absolute atomic E-state index is 0.933. The van der Waals surface area contributed by atoms with Crippen LogP contribution in [0.15, 0.2) is 12.2 Å². The Morgan fingerprint density at radius 1 is 0.857 bits per heavy atom. The molecule has 0 saturated heterocycles. The van der Waals surface area contributed by atoms with Crippen molar-refractivity contribution in [2.24, 2.45) is 0 Å². The topological polar surface area (TPSA) is 0 Å². The molecule has 0 heterocycles. The molecule has 0 aromatic rings. The highest BCUT2D eigenvalue weighted by molar-refractivity contribution is 5.04. The maximum atomic E-state index is 3.22. The summed E-state index contributed by atoms with van der Waals surface area (Å²) in [4.78, 5) is 0. The lowest BCUT2D eigenvalue weighted by molar-refractivity contribution is 0.641. The highest BCUT2D eigenvalue weighted by Crippen LogP contribution is 2.03. The van der Waals surface area contributed by atoms with Gasteiger partial charge in [0.15, 0.2) is 0 Å². The van der Waals surface area contributed by atoms with Crippen molar-refractivity contribution in [2.75, 3.05) is 0 Å². The highest BCUT2D eigenvalue weighted by atomic mass is 13.9. The van der Waals surface area contributed by atoms with Gasteiger partial charge in [-0.1, -0.05) is 57.6 Å². The van der Waals surface area contributed by atoms with Crippen molar-refractivity contribution in [3.8, 4) is 11.8 Å². The van der Waals surface area contributed by atoms with Gasteiger partial charge in [-0.25, -0.2) is 0 Å². The van der Waals surface area contributed by atoms with Crippen LogP contribution in [0.1, 0.15) is 65.2 Å². The Kier molecular flexibility index (Phi) is 11.7. The lowest BCUT2D eigenvalue weighted by Gasteiger charge is -1.94. The van der Waals surface area contributed by atoms with E-state index in [1.807, 2.05) is 0 Å². The first-order chi connectivity index (χ1) is 6.91. The lowest BCUT2D eigenvalue weighted by atomic mass is 10.1. The van der Waals surface area contributed by atoms with Crippen LogP contribution in [0, 0.1) is 11.8 Å². The largest absolute Gasteiger partial charge is 0.103 e. The molecule has 0 heteroatoms. The summed E-state index contributed by atoms with van der Waals surface area (Å²) in [5.41, 5.74) is 0. The summed E-state index contributed by atoms with van der Waals surface area (Å²) < 4.78 is 0. The molecule has 0 aliphatic rings. The van der Waals surface area contributed by atoms with E-state index < -0.39 is 0 Å². The standard InChI is InChI=1S/C14H24/c1-3-5-7-9-11-13-14-12-10-8-6-4-2/h5,7H,3-4,6,8-10,12,14H2,1-2H3/b7-5+.